The molecule has 1 saturated heterocycles. The van der Waals surface area contributed by atoms with E-state index in [-0.39, 0.29) is 0 Å². The number of hydrogen-bond acceptors (Lipinski definition) is 3. The number of rotatable bonds is 0. The summed E-state index contributed by atoms with van der Waals surface area (Å²) < 4.78 is 17.8. The fourth-order valence-electron chi connectivity index (χ4n) is 0.802. The standard InChI is InChI=1S/C5H11N.2H3O4P/c1-2-4-6-5-3-1;2*1-5(2,3)4/h6H,1-5H2;2*(H3,1,2,3,4). The Morgan fingerprint density at radius 1 is 0.688 bits per heavy atom. The van der Waals surface area contributed by atoms with Crippen LogP contribution in [0.2, 0.25) is 0 Å². The van der Waals surface area contributed by atoms with Gasteiger partial charge in [0, 0.05) is 0 Å². The third-order valence-corrected chi connectivity index (χ3v) is 1.21. The minimum absolute atomic E-state index is 1.25. The molecule has 7 N–H and O–H groups in total. The van der Waals surface area contributed by atoms with Crippen LogP contribution < -0.4 is 5.32 Å². The van der Waals surface area contributed by atoms with Gasteiger partial charge in [0.25, 0.3) is 0 Å². The average molecular weight is 281 g/mol. The third kappa shape index (κ3) is 64.5. The zero-order valence-corrected chi connectivity index (χ0v) is 10.2. The van der Waals surface area contributed by atoms with Crippen molar-refractivity contribution < 1.29 is 38.5 Å². The van der Waals surface area contributed by atoms with Gasteiger partial charge in [-0.2, -0.15) is 0 Å². The second kappa shape index (κ2) is 9.23. The molecule has 1 heterocycles. The molecule has 0 aromatic carbocycles. The number of hydrogen-bond donors (Lipinski definition) is 7. The van der Waals surface area contributed by atoms with E-state index in [2.05, 4.69) is 5.32 Å². The van der Waals surface area contributed by atoms with Gasteiger partial charge in [-0.1, -0.05) is 6.42 Å². The van der Waals surface area contributed by atoms with E-state index < -0.39 is 15.6 Å². The first kappa shape index (κ1) is 18.5. The van der Waals surface area contributed by atoms with Gasteiger partial charge in [0.1, 0.15) is 0 Å². The van der Waals surface area contributed by atoms with Gasteiger partial charge in [-0.05, 0) is 25.9 Å². The first-order valence-electron chi connectivity index (χ1n) is 4.27. The third-order valence-electron chi connectivity index (χ3n) is 1.21. The molecule has 0 aromatic rings. The van der Waals surface area contributed by atoms with Crippen molar-refractivity contribution in [3.8, 4) is 0 Å². The highest BCUT2D eigenvalue weighted by Crippen LogP contribution is 2.26. The van der Waals surface area contributed by atoms with Gasteiger partial charge in [0.15, 0.2) is 0 Å². The van der Waals surface area contributed by atoms with E-state index in [4.69, 9.17) is 38.5 Å². The van der Waals surface area contributed by atoms with Crippen molar-refractivity contribution in [1.29, 1.82) is 0 Å². The lowest BCUT2D eigenvalue weighted by molar-refractivity contribution is 0.272. The van der Waals surface area contributed by atoms with Gasteiger partial charge >= 0.3 is 15.6 Å². The summed E-state index contributed by atoms with van der Waals surface area (Å²) in [7, 11) is -9.28. The molecule has 1 aliphatic rings. The largest absolute Gasteiger partial charge is 0.466 e. The molecule has 0 unspecified atom stereocenters. The number of piperidine rings is 1. The maximum absolute atomic E-state index is 8.88. The van der Waals surface area contributed by atoms with E-state index in [9.17, 15) is 0 Å². The van der Waals surface area contributed by atoms with Crippen LogP contribution in [-0.2, 0) is 9.13 Å². The molecule has 1 fully saturated rings. The summed E-state index contributed by atoms with van der Waals surface area (Å²) >= 11 is 0. The Morgan fingerprint density at radius 3 is 1.00 bits per heavy atom. The summed E-state index contributed by atoms with van der Waals surface area (Å²) in [5.74, 6) is 0. The van der Waals surface area contributed by atoms with Gasteiger partial charge in [0.2, 0.25) is 0 Å². The second-order valence-electron chi connectivity index (χ2n) is 2.84. The molecule has 1 aliphatic heterocycles. The Labute approximate surface area is 92.6 Å². The molecule has 9 nitrogen and oxygen atoms in total. The van der Waals surface area contributed by atoms with E-state index in [1.54, 1.807) is 0 Å². The summed E-state index contributed by atoms with van der Waals surface area (Å²) in [6.45, 7) is 2.50. The van der Waals surface area contributed by atoms with Crippen LogP contribution in [0.25, 0.3) is 0 Å². The van der Waals surface area contributed by atoms with Crippen LogP contribution in [-0.4, -0.2) is 42.4 Å². The summed E-state index contributed by atoms with van der Waals surface area (Å²) in [6.07, 6.45) is 4.22. The van der Waals surface area contributed by atoms with E-state index in [1.165, 1.54) is 32.4 Å². The van der Waals surface area contributed by atoms with Crippen molar-refractivity contribution in [3.05, 3.63) is 0 Å². The van der Waals surface area contributed by atoms with Crippen molar-refractivity contribution in [3.63, 3.8) is 0 Å². The topological polar surface area (TPSA) is 168 Å². The van der Waals surface area contributed by atoms with Crippen LogP contribution in [0.5, 0.6) is 0 Å². The zero-order chi connectivity index (χ0) is 13.2. The Morgan fingerprint density at radius 2 is 0.938 bits per heavy atom. The molecule has 0 saturated carbocycles. The first-order valence-corrected chi connectivity index (χ1v) is 7.40. The van der Waals surface area contributed by atoms with Crippen LogP contribution in [0.3, 0.4) is 0 Å². The van der Waals surface area contributed by atoms with Gasteiger partial charge in [-0.3, -0.25) is 0 Å². The Kier molecular flexibility index (Phi) is 10.7. The Bertz CT molecular complexity index is 195. The van der Waals surface area contributed by atoms with Crippen LogP contribution in [0.1, 0.15) is 19.3 Å². The van der Waals surface area contributed by atoms with Crippen LogP contribution in [0.4, 0.5) is 0 Å². The normalized spacial score (nSPS) is 16.4. The summed E-state index contributed by atoms with van der Waals surface area (Å²) in [6, 6.07) is 0. The first-order chi connectivity index (χ1) is 7.00. The smallest absolute Gasteiger partial charge is 0.317 e. The minimum atomic E-state index is -4.64. The molecule has 0 amide bonds. The van der Waals surface area contributed by atoms with E-state index >= 15 is 0 Å². The molecular formula is C5H17NO8P2. The van der Waals surface area contributed by atoms with E-state index in [0.717, 1.165) is 0 Å². The van der Waals surface area contributed by atoms with E-state index in [0.29, 0.717) is 0 Å². The van der Waals surface area contributed by atoms with Crippen molar-refractivity contribution in [2.45, 2.75) is 19.3 Å². The van der Waals surface area contributed by atoms with Crippen molar-refractivity contribution in [1.82, 2.24) is 5.32 Å². The molecule has 0 aliphatic carbocycles. The monoisotopic (exact) mass is 281 g/mol. The molecular weight excluding hydrogens is 264 g/mol. The molecule has 11 heteroatoms. The predicted octanol–water partition coefficient (Wildman–Crippen LogP) is -1.10. The van der Waals surface area contributed by atoms with Gasteiger partial charge in [-0.25, -0.2) is 9.13 Å². The molecule has 16 heavy (non-hydrogen) atoms. The van der Waals surface area contributed by atoms with Crippen LogP contribution in [0, 0.1) is 0 Å². The van der Waals surface area contributed by atoms with Crippen molar-refractivity contribution in [2.24, 2.45) is 0 Å². The second-order valence-corrected chi connectivity index (χ2v) is 4.89. The summed E-state index contributed by atoms with van der Waals surface area (Å²) in [5, 5.41) is 3.28. The quantitative estimate of drug-likeness (QED) is 0.272. The molecule has 0 bridgehead atoms. The fourth-order valence-corrected chi connectivity index (χ4v) is 0.802. The highest BCUT2D eigenvalue weighted by atomic mass is 31.2. The van der Waals surface area contributed by atoms with Gasteiger partial charge in [-0.15, -0.1) is 0 Å². The fraction of sp³-hybridized carbons (Fsp3) is 1.00. The lowest BCUT2D eigenvalue weighted by atomic mass is 10.2. The molecule has 1 rings (SSSR count). The van der Waals surface area contributed by atoms with Gasteiger partial charge < -0.3 is 34.7 Å². The highest BCUT2D eigenvalue weighted by molar-refractivity contribution is 7.45. The van der Waals surface area contributed by atoms with Gasteiger partial charge in [0.05, 0.1) is 0 Å². The van der Waals surface area contributed by atoms with E-state index in [1.807, 2.05) is 0 Å². The lowest BCUT2D eigenvalue weighted by Crippen LogP contribution is -2.21. The number of nitrogens with one attached hydrogen (secondary N) is 1. The molecule has 0 spiro atoms. The average Bonchev–Trinajstić information content (AvgIpc) is 2.01. The number of phosphoric acid groups is 2. The highest BCUT2D eigenvalue weighted by Gasteiger charge is 2.00. The van der Waals surface area contributed by atoms with Crippen molar-refractivity contribution >= 4 is 15.6 Å². The maximum atomic E-state index is 8.88. The minimum Gasteiger partial charge on any atom is -0.317 e. The maximum Gasteiger partial charge on any atom is 0.466 e. The predicted molar refractivity (Wildman–Crippen MR) is 55.2 cm³/mol. The summed E-state index contributed by atoms with van der Waals surface area (Å²) in [4.78, 5) is 43.1. The zero-order valence-electron chi connectivity index (χ0n) is 8.43. The SMILES string of the molecule is C1CCNCC1.O=P(O)(O)O.O=P(O)(O)O. The summed E-state index contributed by atoms with van der Waals surface area (Å²) in [5.41, 5.74) is 0. The Balaban J connectivity index is 0. The Hall–Kier alpha value is 0.180. The lowest BCUT2D eigenvalue weighted by Gasteiger charge is -2.08. The van der Waals surface area contributed by atoms with Crippen LogP contribution >= 0.6 is 15.6 Å². The van der Waals surface area contributed by atoms with Crippen LogP contribution in [0.15, 0.2) is 0 Å². The molecule has 100 valence electrons. The molecule has 0 atom stereocenters. The molecule has 0 aromatic heterocycles. The van der Waals surface area contributed by atoms with Crippen molar-refractivity contribution in [2.75, 3.05) is 13.1 Å². The molecule has 0 radical (unpaired) electrons.